The summed E-state index contributed by atoms with van der Waals surface area (Å²) < 4.78 is 33.8. The average molecular weight is 523 g/mol. The van der Waals surface area contributed by atoms with E-state index >= 15 is 0 Å². The van der Waals surface area contributed by atoms with Gasteiger partial charge in [-0.25, -0.2) is 8.78 Å². The molecular formula is C24H16Cl3F2N3O2. The van der Waals surface area contributed by atoms with Crippen LogP contribution in [0.25, 0.3) is 0 Å². The molecule has 5 nitrogen and oxygen atoms in total. The fourth-order valence-corrected chi connectivity index (χ4v) is 3.64. The Bertz CT molecular complexity index is 1360. The monoisotopic (exact) mass is 521 g/mol. The van der Waals surface area contributed by atoms with Crippen LogP contribution >= 0.6 is 34.8 Å². The fourth-order valence-electron chi connectivity index (χ4n) is 3.12. The lowest BCUT2D eigenvalue weighted by Crippen LogP contribution is -2.13. The molecule has 0 aliphatic rings. The van der Waals surface area contributed by atoms with Gasteiger partial charge >= 0.3 is 0 Å². The molecule has 0 unspecified atom stereocenters. The van der Waals surface area contributed by atoms with Crippen LogP contribution < -0.4 is 10.1 Å². The van der Waals surface area contributed by atoms with Gasteiger partial charge in [0.2, 0.25) is 0 Å². The highest BCUT2D eigenvalue weighted by Gasteiger charge is 2.14. The summed E-state index contributed by atoms with van der Waals surface area (Å²) in [6.07, 6.45) is 1.58. The van der Waals surface area contributed by atoms with E-state index in [9.17, 15) is 13.6 Å². The third-order valence-corrected chi connectivity index (χ3v) is 5.77. The van der Waals surface area contributed by atoms with E-state index in [1.807, 2.05) is 6.07 Å². The maximum Gasteiger partial charge on any atom is 0.256 e. The van der Waals surface area contributed by atoms with Crippen molar-refractivity contribution in [2.24, 2.45) is 0 Å². The zero-order valence-electron chi connectivity index (χ0n) is 17.4. The van der Waals surface area contributed by atoms with Gasteiger partial charge in [-0.3, -0.25) is 9.48 Å². The van der Waals surface area contributed by atoms with E-state index in [1.165, 1.54) is 6.07 Å². The highest BCUT2D eigenvalue weighted by Crippen LogP contribution is 2.25. The Hall–Kier alpha value is -3.13. The number of anilines is 1. The van der Waals surface area contributed by atoms with Crippen molar-refractivity contribution >= 4 is 46.5 Å². The molecule has 1 amide bonds. The number of hydrogen-bond acceptors (Lipinski definition) is 3. The minimum Gasteiger partial charge on any atom is -0.486 e. The van der Waals surface area contributed by atoms with Crippen LogP contribution in [0.2, 0.25) is 15.1 Å². The van der Waals surface area contributed by atoms with Crippen molar-refractivity contribution in [3.63, 3.8) is 0 Å². The van der Waals surface area contributed by atoms with Crippen molar-refractivity contribution in [1.29, 1.82) is 0 Å². The molecule has 0 saturated heterocycles. The molecule has 0 atom stereocenters. The highest BCUT2D eigenvalue weighted by atomic mass is 35.5. The number of carbonyl (C=O) groups is 1. The second-order valence-electron chi connectivity index (χ2n) is 7.29. The van der Waals surface area contributed by atoms with E-state index in [0.717, 1.165) is 17.7 Å². The van der Waals surface area contributed by atoms with Gasteiger partial charge in [-0.2, -0.15) is 5.10 Å². The van der Waals surface area contributed by atoms with Crippen molar-refractivity contribution in [3.05, 3.63) is 110 Å². The van der Waals surface area contributed by atoms with E-state index in [0.29, 0.717) is 27.7 Å². The molecule has 0 fully saturated rings. The molecule has 0 aliphatic heterocycles. The van der Waals surface area contributed by atoms with Crippen LogP contribution in [0, 0.1) is 11.6 Å². The number of nitrogens with zero attached hydrogens (tertiary/aromatic N) is 2. The van der Waals surface area contributed by atoms with Crippen molar-refractivity contribution in [2.45, 2.75) is 13.2 Å². The van der Waals surface area contributed by atoms with Crippen LogP contribution in [0.1, 0.15) is 21.5 Å². The third-order valence-electron chi connectivity index (χ3n) is 4.75. The molecule has 0 saturated carbocycles. The van der Waals surface area contributed by atoms with E-state index in [-0.39, 0.29) is 23.2 Å². The van der Waals surface area contributed by atoms with E-state index in [2.05, 4.69) is 10.4 Å². The first-order valence-corrected chi connectivity index (χ1v) is 11.1. The summed E-state index contributed by atoms with van der Waals surface area (Å²) in [5.74, 6) is -1.82. The van der Waals surface area contributed by atoms with Crippen molar-refractivity contribution in [1.82, 2.24) is 9.78 Å². The maximum atomic E-state index is 13.8. The normalized spacial score (nSPS) is 10.9. The van der Waals surface area contributed by atoms with Crippen molar-refractivity contribution < 1.29 is 18.3 Å². The predicted octanol–water partition coefficient (Wildman–Crippen LogP) is 7.00. The third kappa shape index (κ3) is 5.86. The molecule has 0 aliphatic carbocycles. The first kappa shape index (κ1) is 24.0. The summed E-state index contributed by atoms with van der Waals surface area (Å²) >= 11 is 18.2. The molecule has 4 aromatic rings. The molecule has 34 heavy (non-hydrogen) atoms. The summed E-state index contributed by atoms with van der Waals surface area (Å²) in [6.45, 7) is 0.363. The Morgan fingerprint density at radius 2 is 1.76 bits per heavy atom. The SMILES string of the molecule is O=C(Nc1nn(Cc2ccc(Cl)c(Cl)c2)cc1Cl)c1cccc(COc2ccc(F)cc2F)c1. The Morgan fingerprint density at radius 1 is 0.941 bits per heavy atom. The molecule has 0 radical (unpaired) electrons. The first-order chi connectivity index (χ1) is 16.3. The van der Waals surface area contributed by atoms with Crippen LogP contribution in [0.4, 0.5) is 14.6 Å². The van der Waals surface area contributed by atoms with Crippen LogP contribution in [-0.4, -0.2) is 15.7 Å². The first-order valence-electron chi connectivity index (χ1n) is 9.93. The van der Waals surface area contributed by atoms with Gasteiger partial charge in [0, 0.05) is 17.8 Å². The lowest BCUT2D eigenvalue weighted by molar-refractivity contribution is 0.102. The second-order valence-corrected chi connectivity index (χ2v) is 8.51. The Morgan fingerprint density at radius 3 is 2.53 bits per heavy atom. The molecule has 174 valence electrons. The summed E-state index contributed by atoms with van der Waals surface area (Å²) in [4.78, 5) is 12.7. The van der Waals surface area contributed by atoms with Crippen LogP contribution in [0.5, 0.6) is 5.75 Å². The summed E-state index contributed by atoms with van der Waals surface area (Å²) in [7, 11) is 0. The zero-order chi connectivity index (χ0) is 24.2. The second kappa shape index (κ2) is 10.4. The van der Waals surface area contributed by atoms with Crippen molar-refractivity contribution in [2.75, 3.05) is 5.32 Å². The molecule has 0 bridgehead atoms. The molecule has 1 aromatic heterocycles. The summed E-state index contributed by atoms with van der Waals surface area (Å²) in [5, 5.41) is 8.14. The Balaban J connectivity index is 1.42. The number of rotatable bonds is 7. The highest BCUT2D eigenvalue weighted by molar-refractivity contribution is 6.42. The smallest absolute Gasteiger partial charge is 0.256 e. The minimum absolute atomic E-state index is 0.0112. The summed E-state index contributed by atoms with van der Waals surface area (Å²) in [6, 6.07) is 14.9. The zero-order valence-corrected chi connectivity index (χ0v) is 19.6. The quantitative estimate of drug-likeness (QED) is 0.284. The molecule has 1 N–H and O–H groups in total. The van der Waals surface area contributed by atoms with Crippen LogP contribution in [0.15, 0.2) is 66.9 Å². The standard InChI is InChI=1S/C24H16Cl3F2N3O2/c25-18-6-4-14(9-19(18)26)11-32-12-20(27)23(31-32)30-24(33)16-3-1-2-15(8-16)13-34-22-7-5-17(28)10-21(22)29/h1-10,12H,11,13H2,(H,30,31,33). The number of nitrogens with one attached hydrogen (secondary N) is 1. The van der Waals surface area contributed by atoms with Gasteiger partial charge in [0.05, 0.1) is 16.6 Å². The van der Waals surface area contributed by atoms with Gasteiger partial charge in [0.15, 0.2) is 17.4 Å². The van der Waals surface area contributed by atoms with Gasteiger partial charge in [-0.1, -0.05) is 53.0 Å². The van der Waals surface area contributed by atoms with Gasteiger partial charge in [0.25, 0.3) is 5.91 Å². The number of benzene rings is 3. The van der Waals surface area contributed by atoms with E-state index in [4.69, 9.17) is 39.5 Å². The summed E-state index contributed by atoms with van der Waals surface area (Å²) in [5.41, 5.74) is 1.81. The maximum absolute atomic E-state index is 13.8. The largest absolute Gasteiger partial charge is 0.486 e. The molecule has 4 rings (SSSR count). The molecular weight excluding hydrogens is 507 g/mol. The fraction of sp³-hybridized carbons (Fsp3) is 0.0833. The van der Waals surface area contributed by atoms with E-state index in [1.54, 1.807) is 47.3 Å². The number of ether oxygens (including phenoxy) is 1. The lowest BCUT2D eigenvalue weighted by atomic mass is 10.1. The van der Waals surface area contributed by atoms with Gasteiger partial charge in [-0.15, -0.1) is 0 Å². The lowest BCUT2D eigenvalue weighted by Gasteiger charge is -2.09. The van der Waals surface area contributed by atoms with Gasteiger partial charge < -0.3 is 10.1 Å². The van der Waals surface area contributed by atoms with Gasteiger partial charge in [-0.05, 0) is 47.5 Å². The molecule has 3 aromatic carbocycles. The molecule has 0 spiro atoms. The number of amides is 1. The van der Waals surface area contributed by atoms with E-state index < -0.39 is 17.5 Å². The Kier molecular flexibility index (Phi) is 7.36. The van der Waals surface area contributed by atoms with Crippen LogP contribution in [-0.2, 0) is 13.2 Å². The number of aromatic nitrogens is 2. The van der Waals surface area contributed by atoms with Crippen molar-refractivity contribution in [3.8, 4) is 5.75 Å². The number of carbonyl (C=O) groups excluding carboxylic acids is 1. The topological polar surface area (TPSA) is 56.2 Å². The predicted molar refractivity (Wildman–Crippen MR) is 128 cm³/mol. The molecule has 1 heterocycles. The van der Waals surface area contributed by atoms with Crippen LogP contribution in [0.3, 0.4) is 0 Å². The van der Waals surface area contributed by atoms with Gasteiger partial charge in [0.1, 0.15) is 17.4 Å². The average Bonchev–Trinajstić information content (AvgIpc) is 3.14. The molecule has 10 heteroatoms. The minimum atomic E-state index is -0.806. The number of hydrogen-bond donors (Lipinski definition) is 1. The Labute approximate surface area is 208 Å². The number of halogens is 5.